The fraction of sp³-hybridized carbons (Fsp3) is 0.235. The molecule has 0 amide bonds. The Morgan fingerprint density at radius 2 is 1.91 bits per heavy atom. The third-order valence-electron chi connectivity index (χ3n) is 3.51. The fourth-order valence-electron chi connectivity index (χ4n) is 2.34. The van der Waals surface area contributed by atoms with Crippen molar-refractivity contribution in [3.05, 3.63) is 52.6 Å². The molecule has 22 heavy (non-hydrogen) atoms. The van der Waals surface area contributed by atoms with Crippen molar-refractivity contribution in [1.29, 1.82) is 0 Å². The molecule has 2 heterocycles. The average Bonchev–Trinajstić information content (AvgIpc) is 2.91. The van der Waals surface area contributed by atoms with Crippen LogP contribution in [0.15, 0.2) is 30.5 Å². The molecule has 0 N–H and O–H groups in total. The van der Waals surface area contributed by atoms with Crippen LogP contribution in [-0.4, -0.2) is 19.7 Å². The van der Waals surface area contributed by atoms with Gasteiger partial charge in [-0.15, -0.1) is 0 Å². The van der Waals surface area contributed by atoms with Crippen LogP contribution >= 0.6 is 11.6 Å². The minimum Gasteiger partial charge on any atom is -0.247 e. The molecule has 0 spiro atoms. The van der Waals surface area contributed by atoms with Crippen molar-refractivity contribution < 1.29 is 0 Å². The lowest BCUT2D eigenvalue weighted by Crippen LogP contribution is -1.99. The number of aryl methyl sites for hydroxylation is 2. The standard InChI is InChI=1S/C17H17ClN4/c1-3-15-14-11-19-16(20-17(14)22(4-2)21-15)10-7-12-5-8-13(18)9-6-12/h5-11H,3-4H2,1-2H3. The van der Waals surface area contributed by atoms with E-state index in [9.17, 15) is 0 Å². The lowest BCUT2D eigenvalue weighted by atomic mass is 10.2. The predicted octanol–water partition coefficient (Wildman–Crippen LogP) is 4.23. The Balaban J connectivity index is 1.96. The van der Waals surface area contributed by atoms with E-state index in [0.29, 0.717) is 5.82 Å². The van der Waals surface area contributed by atoms with Crippen LogP contribution in [0.3, 0.4) is 0 Å². The van der Waals surface area contributed by atoms with Gasteiger partial charge < -0.3 is 0 Å². The molecule has 3 rings (SSSR count). The predicted molar refractivity (Wildman–Crippen MR) is 90.8 cm³/mol. The number of benzene rings is 1. The van der Waals surface area contributed by atoms with E-state index in [4.69, 9.17) is 11.6 Å². The van der Waals surface area contributed by atoms with Gasteiger partial charge in [-0.25, -0.2) is 14.6 Å². The smallest absolute Gasteiger partial charge is 0.162 e. The van der Waals surface area contributed by atoms with Crippen LogP contribution in [-0.2, 0) is 13.0 Å². The van der Waals surface area contributed by atoms with Gasteiger partial charge in [0, 0.05) is 17.8 Å². The number of halogens is 1. The summed E-state index contributed by atoms with van der Waals surface area (Å²) in [6.07, 6.45) is 6.63. The summed E-state index contributed by atoms with van der Waals surface area (Å²) in [4.78, 5) is 9.04. The van der Waals surface area contributed by atoms with Gasteiger partial charge in [0.1, 0.15) is 0 Å². The van der Waals surface area contributed by atoms with Gasteiger partial charge in [0.2, 0.25) is 0 Å². The Hall–Kier alpha value is -2.20. The van der Waals surface area contributed by atoms with Gasteiger partial charge in [-0.1, -0.05) is 36.7 Å². The van der Waals surface area contributed by atoms with Crippen molar-refractivity contribution in [3.8, 4) is 0 Å². The summed E-state index contributed by atoms with van der Waals surface area (Å²) in [7, 11) is 0. The maximum atomic E-state index is 5.89. The van der Waals surface area contributed by atoms with Gasteiger partial charge in [-0.05, 0) is 37.1 Å². The first-order valence-electron chi connectivity index (χ1n) is 7.37. The molecule has 0 saturated carbocycles. The Bertz CT molecular complexity index is 819. The van der Waals surface area contributed by atoms with Crippen molar-refractivity contribution in [3.63, 3.8) is 0 Å². The van der Waals surface area contributed by atoms with E-state index >= 15 is 0 Å². The summed E-state index contributed by atoms with van der Waals surface area (Å²) >= 11 is 5.89. The number of hydrogen-bond acceptors (Lipinski definition) is 3. The largest absolute Gasteiger partial charge is 0.247 e. The first kappa shape index (κ1) is 14.7. The molecule has 0 bridgehead atoms. The van der Waals surface area contributed by atoms with Crippen molar-refractivity contribution >= 4 is 34.8 Å². The van der Waals surface area contributed by atoms with Crippen LogP contribution in [0.5, 0.6) is 0 Å². The molecule has 0 aliphatic heterocycles. The molecule has 0 saturated heterocycles. The average molecular weight is 313 g/mol. The first-order chi connectivity index (χ1) is 10.7. The van der Waals surface area contributed by atoms with Gasteiger partial charge in [-0.2, -0.15) is 5.10 Å². The van der Waals surface area contributed by atoms with Crippen LogP contribution in [0.4, 0.5) is 0 Å². The van der Waals surface area contributed by atoms with Crippen molar-refractivity contribution in [2.75, 3.05) is 0 Å². The molecule has 0 unspecified atom stereocenters. The van der Waals surface area contributed by atoms with Crippen LogP contribution in [0.25, 0.3) is 23.2 Å². The van der Waals surface area contributed by atoms with E-state index < -0.39 is 0 Å². The van der Waals surface area contributed by atoms with Crippen LogP contribution in [0.1, 0.15) is 30.9 Å². The minimum atomic E-state index is 0.680. The quantitative estimate of drug-likeness (QED) is 0.724. The van der Waals surface area contributed by atoms with Crippen molar-refractivity contribution in [2.45, 2.75) is 26.8 Å². The molecular formula is C17H17ClN4. The van der Waals surface area contributed by atoms with Gasteiger partial charge >= 0.3 is 0 Å². The highest BCUT2D eigenvalue weighted by molar-refractivity contribution is 6.30. The Morgan fingerprint density at radius 3 is 2.59 bits per heavy atom. The summed E-state index contributed by atoms with van der Waals surface area (Å²) in [5.41, 5.74) is 3.00. The maximum Gasteiger partial charge on any atom is 0.162 e. The van der Waals surface area contributed by atoms with Crippen LogP contribution in [0.2, 0.25) is 5.02 Å². The zero-order chi connectivity index (χ0) is 15.5. The van der Waals surface area contributed by atoms with E-state index in [2.05, 4.69) is 28.9 Å². The van der Waals surface area contributed by atoms with E-state index in [1.807, 2.05) is 47.3 Å². The van der Waals surface area contributed by atoms with E-state index in [0.717, 1.165) is 40.3 Å². The molecule has 112 valence electrons. The topological polar surface area (TPSA) is 43.6 Å². The Kier molecular flexibility index (Phi) is 4.20. The number of nitrogens with zero attached hydrogens (tertiary/aromatic N) is 4. The normalized spacial score (nSPS) is 11.6. The molecule has 0 atom stereocenters. The van der Waals surface area contributed by atoms with Crippen molar-refractivity contribution in [2.24, 2.45) is 0 Å². The number of fused-ring (bicyclic) bond motifs is 1. The lowest BCUT2D eigenvalue weighted by molar-refractivity contribution is 0.663. The highest BCUT2D eigenvalue weighted by atomic mass is 35.5. The lowest BCUT2D eigenvalue weighted by Gasteiger charge is -1.98. The molecule has 2 aromatic heterocycles. The summed E-state index contributed by atoms with van der Waals surface area (Å²) in [6, 6.07) is 7.65. The second kappa shape index (κ2) is 6.28. The van der Waals surface area contributed by atoms with E-state index in [1.165, 1.54) is 0 Å². The van der Waals surface area contributed by atoms with Crippen LogP contribution in [0, 0.1) is 0 Å². The summed E-state index contributed by atoms with van der Waals surface area (Å²) in [5.74, 6) is 0.680. The second-order valence-electron chi connectivity index (χ2n) is 4.97. The number of aromatic nitrogens is 4. The van der Waals surface area contributed by atoms with E-state index in [1.54, 1.807) is 0 Å². The third kappa shape index (κ3) is 2.88. The molecule has 1 aromatic carbocycles. The molecule has 0 radical (unpaired) electrons. The highest BCUT2D eigenvalue weighted by Crippen LogP contribution is 2.17. The summed E-state index contributed by atoms with van der Waals surface area (Å²) in [5, 5.41) is 6.34. The minimum absolute atomic E-state index is 0.680. The summed E-state index contributed by atoms with van der Waals surface area (Å²) < 4.78 is 1.93. The van der Waals surface area contributed by atoms with Crippen LogP contribution < -0.4 is 0 Å². The zero-order valence-electron chi connectivity index (χ0n) is 12.6. The molecule has 0 aliphatic rings. The number of rotatable bonds is 4. The van der Waals surface area contributed by atoms with Gasteiger partial charge in [0.15, 0.2) is 11.5 Å². The molecule has 0 aliphatic carbocycles. The molecule has 5 heteroatoms. The molecular weight excluding hydrogens is 296 g/mol. The fourth-order valence-corrected chi connectivity index (χ4v) is 2.47. The monoisotopic (exact) mass is 312 g/mol. The number of hydrogen-bond donors (Lipinski definition) is 0. The SMILES string of the molecule is CCc1nn(CC)c2nc(C=Cc3ccc(Cl)cc3)ncc12. The Labute approximate surface area is 134 Å². The van der Waals surface area contributed by atoms with Gasteiger partial charge in [0.25, 0.3) is 0 Å². The first-order valence-corrected chi connectivity index (χ1v) is 7.75. The highest BCUT2D eigenvalue weighted by Gasteiger charge is 2.10. The third-order valence-corrected chi connectivity index (χ3v) is 3.77. The Morgan fingerprint density at radius 1 is 1.14 bits per heavy atom. The maximum absolute atomic E-state index is 5.89. The summed E-state index contributed by atoms with van der Waals surface area (Å²) in [6.45, 7) is 4.96. The van der Waals surface area contributed by atoms with E-state index in [-0.39, 0.29) is 0 Å². The zero-order valence-corrected chi connectivity index (χ0v) is 13.4. The van der Waals surface area contributed by atoms with Crippen molar-refractivity contribution in [1.82, 2.24) is 19.7 Å². The molecule has 4 nitrogen and oxygen atoms in total. The van der Waals surface area contributed by atoms with Gasteiger partial charge in [-0.3, -0.25) is 0 Å². The second-order valence-corrected chi connectivity index (χ2v) is 5.40. The van der Waals surface area contributed by atoms with Gasteiger partial charge in [0.05, 0.1) is 11.1 Å². The molecule has 3 aromatic rings. The molecule has 0 fully saturated rings.